The fourth-order valence-electron chi connectivity index (χ4n) is 8.44. The largest absolute Gasteiger partial charge is 0.507 e. The van der Waals surface area contributed by atoms with Crippen LogP contribution in [0.15, 0.2) is 168 Å². The van der Waals surface area contributed by atoms with Crippen molar-refractivity contribution in [3.63, 3.8) is 0 Å². The van der Waals surface area contributed by atoms with Crippen molar-refractivity contribution in [2.75, 3.05) is 0 Å². The maximum Gasteiger partial charge on any atom is 0.152 e. The second kappa shape index (κ2) is 15.7. The molecule has 0 unspecified atom stereocenters. The molecule has 3 aromatic heterocycles. The van der Waals surface area contributed by atoms with Gasteiger partial charge in [-0.05, 0) is 75.5 Å². The first-order valence-corrected chi connectivity index (χ1v) is 20.9. The van der Waals surface area contributed by atoms with Crippen LogP contribution < -0.4 is 0 Å². The summed E-state index contributed by atoms with van der Waals surface area (Å²) in [6, 6.07) is 58.1. The second-order valence-electron chi connectivity index (χ2n) is 18.0. The van der Waals surface area contributed by atoms with Crippen LogP contribution in [0, 0.1) is 6.07 Å². The summed E-state index contributed by atoms with van der Waals surface area (Å²) in [5, 5.41) is 13.9. The Morgan fingerprint density at radius 2 is 1.27 bits per heavy atom. The molecule has 6 heteroatoms. The minimum atomic E-state index is -0.170. The Hall–Kier alpha value is -6.55. The normalized spacial score (nSPS) is 12.0. The standard InChI is InChI=1S/C56H46N3O2.Pt/c1-55(2,3)40-24-26-47(45(34-40)36-18-11-8-12-19-36)59-48-22-15-21-42(52(48)58-54(59)51-49(60)27-25-44-43-20-13-14-23-50(43)61-53(44)51)38-30-39(32-41(31-38)56(4,5)6)46-33-37(28-29-57-46)35-16-9-7-10-17-35;/h7-29,31-34,60H,1-6H3;/q-1;. The molecule has 5 nitrogen and oxygen atoms in total. The number of hydrogen-bond donors (Lipinski definition) is 1. The Labute approximate surface area is 377 Å². The summed E-state index contributed by atoms with van der Waals surface area (Å²) in [6.07, 6.45) is 1.88. The zero-order chi connectivity index (χ0) is 42.0. The molecule has 3 heterocycles. The van der Waals surface area contributed by atoms with E-state index in [2.05, 4.69) is 167 Å². The van der Waals surface area contributed by atoms with Gasteiger partial charge in [0.05, 0.1) is 16.7 Å². The molecule has 0 amide bonds. The predicted octanol–water partition coefficient (Wildman–Crippen LogP) is 14.8. The first-order chi connectivity index (χ1) is 29.4. The molecule has 10 rings (SSSR count). The average molecular weight is 988 g/mol. The van der Waals surface area contributed by atoms with Gasteiger partial charge >= 0.3 is 0 Å². The van der Waals surface area contributed by atoms with Crippen LogP contribution in [0.2, 0.25) is 0 Å². The molecule has 0 aliphatic rings. The number of phenolic OH excluding ortho intramolecular Hbond substituents is 1. The minimum absolute atomic E-state index is 0. The van der Waals surface area contributed by atoms with E-state index in [9.17, 15) is 5.11 Å². The average Bonchev–Trinajstić information content (AvgIpc) is 3.84. The van der Waals surface area contributed by atoms with Crippen LogP contribution in [0.3, 0.4) is 0 Å². The summed E-state index contributed by atoms with van der Waals surface area (Å²) >= 11 is 0. The van der Waals surface area contributed by atoms with E-state index >= 15 is 0 Å². The summed E-state index contributed by atoms with van der Waals surface area (Å²) in [6.45, 7) is 13.4. The van der Waals surface area contributed by atoms with Gasteiger partial charge in [0.2, 0.25) is 0 Å². The van der Waals surface area contributed by atoms with Crippen molar-refractivity contribution in [3.05, 3.63) is 181 Å². The fourth-order valence-corrected chi connectivity index (χ4v) is 8.44. The first kappa shape index (κ1) is 40.8. The maximum atomic E-state index is 12.0. The van der Waals surface area contributed by atoms with Gasteiger partial charge < -0.3 is 9.52 Å². The number of furan rings is 1. The van der Waals surface area contributed by atoms with Crippen molar-refractivity contribution in [2.24, 2.45) is 0 Å². The van der Waals surface area contributed by atoms with Crippen LogP contribution in [0.25, 0.3) is 94.7 Å². The molecule has 0 saturated heterocycles. The van der Waals surface area contributed by atoms with Gasteiger partial charge in [0, 0.05) is 49.3 Å². The quantitative estimate of drug-likeness (QED) is 0.169. The molecule has 0 aliphatic carbocycles. The summed E-state index contributed by atoms with van der Waals surface area (Å²) in [4.78, 5) is 10.5. The van der Waals surface area contributed by atoms with Crippen molar-refractivity contribution in [1.82, 2.24) is 14.5 Å². The molecule has 0 atom stereocenters. The predicted molar refractivity (Wildman–Crippen MR) is 251 cm³/mol. The van der Waals surface area contributed by atoms with Gasteiger partial charge in [0.1, 0.15) is 22.5 Å². The number of benzene rings is 7. The minimum Gasteiger partial charge on any atom is -0.507 e. The molecule has 0 aliphatic heterocycles. The van der Waals surface area contributed by atoms with Gasteiger partial charge in [-0.1, -0.05) is 156 Å². The van der Waals surface area contributed by atoms with Gasteiger partial charge in [-0.15, -0.1) is 29.3 Å². The third kappa shape index (κ3) is 7.25. The van der Waals surface area contributed by atoms with Crippen molar-refractivity contribution in [2.45, 2.75) is 52.4 Å². The van der Waals surface area contributed by atoms with Crippen LogP contribution in [0.5, 0.6) is 5.75 Å². The van der Waals surface area contributed by atoms with Crippen LogP contribution in [-0.2, 0) is 31.9 Å². The first-order valence-electron chi connectivity index (χ1n) is 20.9. The number of fused-ring (bicyclic) bond motifs is 4. The van der Waals surface area contributed by atoms with Gasteiger partial charge in [-0.2, -0.15) is 0 Å². The van der Waals surface area contributed by atoms with E-state index in [0.29, 0.717) is 17.0 Å². The fraction of sp³-hybridized carbons (Fsp3) is 0.143. The second-order valence-corrected chi connectivity index (χ2v) is 18.0. The number of aromatic nitrogens is 3. The van der Waals surface area contributed by atoms with Crippen molar-refractivity contribution < 1.29 is 30.6 Å². The zero-order valence-corrected chi connectivity index (χ0v) is 37.9. The molecule has 0 spiro atoms. The van der Waals surface area contributed by atoms with Crippen LogP contribution in [0.1, 0.15) is 52.7 Å². The molecule has 62 heavy (non-hydrogen) atoms. The van der Waals surface area contributed by atoms with E-state index in [0.717, 1.165) is 83.3 Å². The third-order valence-electron chi connectivity index (χ3n) is 11.8. The van der Waals surface area contributed by atoms with E-state index in [4.69, 9.17) is 14.4 Å². The molecular formula is C56H46N3O2Pt-. The number of phenols is 1. The van der Waals surface area contributed by atoms with E-state index in [1.165, 1.54) is 5.56 Å². The molecule has 308 valence electrons. The van der Waals surface area contributed by atoms with E-state index in [1.54, 1.807) is 6.07 Å². The topological polar surface area (TPSA) is 64.1 Å². The Morgan fingerprint density at radius 3 is 2.02 bits per heavy atom. The molecule has 10 aromatic rings. The molecular weight excluding hydrogens is 942 g/mol. The van der Waals surface area contributed by atoms with Crippen LogP contribution in [0.4, 0.5) is 0 Å². The SMILES string of the molecule is CC(C)(C)c1cc(-c2cc(-c3ccccc3)ccn2)[c-]c(-c2cccc3c2nc(-c2c(O)ccc4c2oc2ccccc24)n3-c2ccc(C(C)(C)C)cc2-c2ccccc2)c1.[Pt]. The van der Waals surface area contributed by atoms with Gasteiger partial charge in [-0.25, -0.2) is 4.98 Å². The number of hydrogen-bond acceptors (Lipinski definition) is 4. The number of pyridine rings is 1. The third-order valence-corrected chi connectivity index (χ3v) is 11.8. The number of para-hydroxylation sites is 2. The number of nitrogens with zero attached hydrogens (tertiary/aromatic N) is 3. The molecule has 1 N–H and O–H groups in total. The summed E-state index contributed by atoms with van der Waals surface area (Å²) in [5.41, 5.74) is 14.6. The molecule has 0 radical (unpaired) electrons. The molecule has 0 saturated carbocycles. The molecule has 0 bridgehead atoms. The van der Waals surface area contributed by atoms with Gasteiger partial charge in [-0.3, -0.25) is 9.55 Å². The Kier molecular flexibility index (Phi) is 10.4. The Bertz CT molecular complexity index is 3280. The smallest absolute Gasteiger partial charge is 0.152 e. The van der Waals surface area contributed by atoms with E-state index < -0.39 is 0 Å². The van der Waals surface area contributed by atoms with Crippen molar-refractivity contribution in [1.29, 1.82) is 0 Å². The number of rotatable bonds is 6. The van der Waals surface area contributed by atoms with Crippen molar-refractivity contribution >= 4 is 33.0 Å². The summed E-state index contributed by atoms with van der Waals surface area (Å²) < 4.78 is 8.84. The zero-order valence-electron chi connectivity index (χ0n) is 35.6. The summed E-state index contributed by atoms with van der Waals surface area (Å²) in [7, 11) is 0. The van der Waals surface area contributed by atoms with Gasteiger partial charge in [0.25, 0.3) is 0 Å². The monoisotopic (exact) mass is 987 g/mol. The van der Waals surface area contributed by atoms with E-state index in [1.807, 2.05) is 42.6 Å². The number of aromatic hydroxyl groups is 1. The molecule has 0 fully saturated rings. The van der Waals surface area contributed by atoms with Crippen molar-refractivity contribution in [3.8, 4) is 67.5 Å². The number of imidazole rings is 1. The Morgan fingerprint density at radius 1 is 0.581 bits per heavy atom. The van der Waals surface area contributed by atoms with Crippen LogP contribution in [-0.4, -0.2) is 19.6 Å². The Balaban J connectivity index is 0.00000490. The summed E-state index contributed by atoms with van der Waals surface area (Å²) in [5.74, 6) is 0.667. The van der Waals surface area contributed by atoms with Crippen LogP contribution >= 0.6 is 0 Å². The van der Waals surface area contributed by atoms with E-state index in [-0.39, 0.29) is 37.6 Å². The maximum absolute atomic E-state index is 12.0. The molecule has 7 aromatic carbocycles. The van der Waals surface area contributed by atoms with Gasteiger partial charge in [0.15, 0.2) is 5.82 Å².